The molecule has 1 unspecified atom stereocenters. The van der Waals surface area contributed by atoms with Crippen LogP contribution in [0.5, 0.6) is 5.75 Å². The van der Waals surface area contributed by atoms with Crippen molar-refractivity contribution < 1.29 is 14.6 Å². The molecule has 0 aliphatic heterocycles. The van der Waals surface area contributed by atoms with E-state index in [0.29, 0.717) is 6.61 Å². The van der Waals surface area contributed by atoms with Crippen molar-refractivity contribution in [3.8, 4) is 5.75 Å². The summed E-state index contributed by atoms with van der Waals surface area (Å²) in [5, 5.41) is 8.75. The molecular weight excluding hydrogens is 228 g/mol. The highest BCUT2D eigenvalue weighted by molar-refractivity contribution is 5.67. The summed E-state index contributed by atoms with van der Waals surface area (Å²) in [7, 11) is 0. The van der Waals surface area contributed by atoms with E-state index >= 15 is 0 Å². The SMILES string of the molecule is CC(CC(=O)O)c1ccc(OCC(C)(C)C)cc1. The molecule has 0 spiro atoms. The Kier molecular flexibility index (Phi) is 4.76. The molecule has 3 heteroatoms. The van der Waals surface area contributed by atoms with Crippen molar-refractivity contribution in [2.75, 3.05) is 6.61 Å². The molecule has 1 aromatic rings. The van der Waals surface area contributed by atoms with Crippen LogP contribution >= 0.6 is 0 Å². The summed E-state index contributed by atoms with van der Waals surface area (Å²) in [4.78, 5) is 10.6. The van der Waals surface area contributed by atoms with Crippen LogP contribution < -0.4 is 4.74 Å². The maximum atomic E-state index is 10.6. The van der Waals surface area contributed by atoms with E-state index in [-0.39, 0.29) is 17.8 Å². The average molecular weight is 250 g/mol. The van der Waals surface area contributed by atoms with Gasteiger partial charge in [0, 0.05) is 0 Å². The minimum atomic E-state index is -0.768. The number of ether oxygens (including phenoxy) is 1. The molecule has 0 saturated heterocycles. The van der Waals surface area contributed by atoms with Crippen molar-refractivity contribution in [3.63, 3.8) is 0 Å². The Labute approximate surface area is 109 Å². The molecule has 1 aromatic carbocycles. The highest BCUT2D eigenvalue weighted by Gasteiger charge is 2.12. The first-order valence-corrected chi connectivity index (χ1v) is 6.22. The number of carboxylic acid groups (broad SMARTS) is 1. The van der Waals surface area contributed by atoms with E-state index in [2.05, 4.69) is 20.8 Å². The van der Waals surface area contributed by atoms with Gasteiger partial charge < -0.3 is 9.84 Å². The van der Waals surface area contributed by atoms with E-state index in [1.165, 1.54) is 0 Å². The normalized spacial score (nSPS) is 13.1. The Morgan fingerprint density at radius 1 is 1.28 bits per heavy atom. The van der Waals surface area contributed by atoms with Crippen molar-refractivity contribution in [2.45, 2.75) is 40.0 Å². The number of carboxylic acids is 1. The van der Waals surface area contributed by atoms with Crippen LogP contribution in [0.3, 0.4) is 0 Å². The van der Waals surface area contributed by atoms with Crippen molar-refractivity contribution in [3.05, 3.63) is 29.8 Å². The maximum Gasteiger partial charge on any atom is 0.303 e. The highest BCUT2D eigenvalue weighted by atomic mass is 16.5. The van der Waals surface area contributed by atoms with Gasteiger partial charge in [-0.1, -0.05) is 39.8 Å². The van der Waals surface area contributed by atoms with Crippen LogP contribution in [0.15, 0.2) is 24.3 Å². The highest BCUT2D eigenvalue weighted by Crippen LogP contribution is 2.23. The third-order valence-electron chi connectivity index (χ3n) is 2.60. The predicted octanol–water partition coefficient (Wildman–Crippen LogP) is 3.69. The van der Waals surface area contributed by atoms with Gasteiger partial charge in [0.2, 0.25) is 0 Å². The van der Waals surface area contributed by atoms with Gasteiger partial charge in [0.15, 0.2) is 0 Å². The minimum Gasteiger partial charge on any atom is -0.493 e. The third kappa shape index (κ3) is 5.21. The smallest absolute Gasteiger partial charge is 0.303 e. The van der Waals surface area contributed by atoms with Crippen LogP contribution in [0, 0.1) is 5.41 Å². The lowest BCUT2D eigenvalue weighted by Crippen LogP contribution is -2.16. The van der Waals surface area contributed by atoms with Gasteiger partial charge in [0.1, 0.15) is 5.75 Å². The summed E-state index contributed by atoms with van der Waals surface area (Å²) in [5.41, 5.74) is 1.16. The van der Waals surface area contributed by atoms with E-state index in [1.807, 2.05) is 31.2 Å². The van der Waals surface area contributed by atoms with E-state index in [4.69, 9.17) is 9.84 Å². The second-order valence-electron chi connectivity index (χ2n) is 5.92. The van der Waals surface area contributed by atoms with E-state index in [9.17, 15) is 4.79 Å². The molecule has 0 bridgehead atoms. The molecular formula is C15H22O3. The molecule has 1 N–H and O–H groups in total. The fraction of sp³-hybridized carbons (Fsp3) is 0.533. The van der Waals surface area contributed by atoms with Crippen molar-refractivity contribution in [1.29, 1.82) is 0 Å². The number of carbonyl (C=O) groups is 1. The number of hydrogen-bond donors (Lipinski definition) is 1. The van der Waals surface area contributed by atoms with E-state index < -0.39 is 5.97 Å². The van der Waals surface area contributed by atoms with Crippen LogP contribution in [-0.4, -0.2) is 17.7 Å². The van der Waals surface area contributed by atoms with Crippen molar-refractivity contribution in [1.82, 2.24) is 0 Å². The Balaban J connectivity index is 2.60. The van der Waals surface area contributed by atoms with Gasteiger partial charge >= 0.3 is 5.97 Å². The van der Waals surface area contributed by atoms with Gasteiger partial charge in [-0.3, -0.25) is 4.79 Å². The first kappa shape index (κ1) is 14.6. The molecule has 100 valence electrons. The Hall–Kier alpha value is -1.51. The summed E-state index contributed by atoms with van der Waals surface area (Å²) in [6.07, 6.45) is 0.155. The molecule has 0 saturated carbocycles. The largest absolute Gasteiger partial charge is 0.493 e. The maximum absolute atomic E-state index is 10.6. The van der Waals surface area contributed by atoms with E-state index in [0.717, 1.165) is 11.3 Å². The molecule has 1 rings (SSSR count). The van der Waals surface area contributed by atoms with Gasteiger partial charge in [-0.15, -0.1) is 0 Å². The quantitative estimate of drug-likeness (QED) is 0.867. The fourth-order valence-electron chi connectivity index (χ4n) is 1.57. The number of hydrogen-bond acceptors (Lipinski definition) is 2. The van der Waals surface area contributed by atoms with Gasteiger partial charge in [-0.25, -0.2) is 0 Å². The summed E-state index contributed by atoms with van der Waals surface area (Å²) < 4.78 is 5.67. The Bertz CT molecular complexity index is 387. The molecule has 0 amide bonds. The summed E-state index contributed by atoms with van der Waals surface area (Å²) in [5.74, 6) is 0.0888. The van der Waals surface area contributed by atoms with Gasteiger partial charge in [0.05, 0.1) is 13.0 Å². The Morgan fingerprint density at radius 3 is 2.28 bits per heavy atom. The molecule has 0 aromatic heterocycles. The van der Waals surface area contributed by atoms with E-state index in [1.54, 1.807) is 0 Å². The van der Waals surface area contributed by atoms with Crippen LogP contribution in [0.25, 0.3) is 0 Å². The fourth-order valence-corrected chi connectivity index (χ4v) is 1.57. The predicted molar refractivity (Wildman–Crippen MR) is 72.1 cm³/mol. The molecule has 0 aliphatic carbocycles. The van der Waals surface area contributed by atoms with Crippen molar-refractivity contribution in [2.24, 2.45) is 5.41 Å². The standard InChI is InChI=1S/C15H22O3/c1-11(9-14(16)17)12-5-7-13(8-6-12)18-10-15(2,3)4/h5-8,11H,9-10H2,1-4H3,(H,16,17). The first-order valence-electron chi connectivity index (χ1n) is 6.22. The topological polar surface area (TPSA) is 46.5 Å². The first-order chi connectivity index (χ1) is 8.28. The number of benzene rings is 1. The minimum absolute atomic E-state index is 0.0270. The number of rotatable bonds is 5. The summed E-state index contributed by atoms with van der Waals surface area (Å²) >= 11 is 0. The van der Waals surface area contributed by atoms with Crippen LogP contribution in [0.1, 0.15) is 45.6 Å². The third-order valence-corrected chi connectivity index (χ3v) is 2.60. The monoisotopic (exact) mass is 250 g/mol. The van der Waals surface area contributed by atoms with Crippen LogP contribution in [0.4, 0.5) is 0 Å². The lowest BCUT2D eigenvalue weighted by atomic mass is 9.97. The molecule has 0 fully saturated rings. The molecule has 18 heavy (non-hydrogen) atoms. The zero-order chi connectivity index (χ0) is 13.8. The lowest BCUT2D eigenvalue weighted by molar-refractivity contribution is -0.137. The Morgan fingerprint density at radius 2 is 1.83 bits per heavy atom. The van der Waals surface area contributed by atoms with Crippen molar-refractivity contribution >= 4 is 5.97 Å². The lowest BCUT2D eigenvalue weighted by Gasteiger charge is -2.19. The number of aliphatic carboxylic acids is 1. The second-order valence-corrected chi connectivity index (χ2v) is 5.92. The molecule has 1 atom stereocenters. The van der Waals surface area contributed by atoms with Gasteiger partial charge in [0.25, 0.3) is 0 Å². The van der Waals surface area contributed by atoms with Gasteiger partial charge in [-0.2, -0.15) is 0 Å². The molecule has 0 heterocycles. The van der Waals surface area contributed by atoms with Crippen LogP contribution in [-0.2, 0) is 4.79 Å². The van der Waals surface area contributed by atoms with Gasteiger partial charge in [-0.05, 0) is 29.0 Å². The zero-order valence-corrected chi connectivity index (χ0v) is 11.6. The zero-order valence-electron chi connectivity index (χ0n) is 11.6. The summed E-state index contributed by atoms with van der Waals surface area (Å²) in [6, 6.07) is 7.68. The summed E-state index contributed by atoms with van der Waals surface area (Å²) in [6.45, 7) is 8.94. The van der Waals surface area contributed by atoms with Crippen LogP contribution in [0.2, 0.25) is 0 Å². The molecule has 3 nitrogen and oxygen atoms in total. The molecule has 0 aliphatic rings. The molecule has 0 radical (unpaired) electrons. The average Bonchev–Trinajstić information content (AvgIpc) is 2.25. The second kappa shape index (κ2) is 5.89.